The summed E-state index contributed by atoms with van der Waals surface area (Å²) in [6.07, 6.45) is 3.60. The van der Waals surface area contributed by atoms with Crippen molar-refractivity contribution in [3.8, 4) is 49.6 Å². The van der Waals surface area contributed by atoms with Gasteiger partial charge in [0.25, 0.3) is 0 Å². The van der Waals surface area contributed by atoms with Crippen LogP contribution in [0.1, 0.15) is 0 Å². The fourth-order valence-electron chi connectivity index (χ4n) is 5.69. The maximum atomic E-state index is 4.75. The molecule has 168 valence electrons. The second-order valence-corrected chi connectivity index (χ2v) is 10.0. The smallest absolute Gasteiger partial charge is 0.116 e. The number of nitrogens with zero attached hydrogens (tertiary/aromatic N) is 3. The first-order valence-electron chi connectivity index (χ1n) is 12.0. The lowest BCUT2D eigenvalue weighted by molar-refractivity contribution is 1.17. The molecule has 1 aliphatic rings. The Morgan fingerprint density at radius 3 is 2.03 bits per heavy atom. The molecule has 0 N–H and O–H groups in total. The van der Waals surface area contributed by atoms with Crippen molar-refractivity contribution in [2.45, 2.75) is 0 Å². The second-order valence-electron chi connectivity index (χ2n) is 9.09. The predicted octanol–water partition coefficient (Wildman–Crippen LogP) is 8.62. The van der Waals surface area contributed by atoms with Crippen molar-refractivity contribution in [2.75, 3.05) is 0 Å². The van der Waals surface area contributed by atoms with E-state index in [-0.39, 0.29) is 0 Å². The summed E-state index contributed by atoms with van der Waals surface area (Å²) in [5, 5.41) is 4.71. The summed E-state index contributed by atoms with van der Waals surface area (Å²) in [6, 6.07) is 35.0. The molecule has 0 bridgehead atoms. The number of benzene rings is 4. The number of hydrogen-bond donors (Lipinski definition) is 0. The van der Waals surface area contributed by atoms with Gasteiger partial charge in [-0.25, -0.2) is 9.97 Å². The molecule has 0 radical (unpaired) electrons. The molecule has 0 spiro atoms. The molecule has 3 heterocycles. The van der Waals surface area contributed by atoms with E-state index in [1.165, 1.54) is 48.9 Å². The molecule has 8 rings (SSSR count). The third-order valence-corrected chi connectivity index (χ3v) is 8.15. The molecule has 0 saturated heterocycles. The van der Waals surface area contributed by atoms with Crippen molar-refractivity contribution in [1.29, 1.82) is 0 Å². The SMILES string of the molecule is c1ccc2c(c1)-c1ccc(-n3c4ccccc4c4ccccc43)cc1-c1ccsc1-c1ncncc1-2. The van der Waals surface area contributed by atoms with Gasteiger partial charge in [0, 0.05) is 33.8 Å². The Balaban J connectivity index is 1.48. The first-order valence-corrected chi connectivity index (χ1v) is 12.9. The first-order chi connectivity index (χ1) is 17.9. The van der Waals surface area contributed by atoms with E-state index >= 15 is 0 Å². The third-order valence-electron chi connectivity index (χ3n) is 7.23. The summed E-state index contributed by atoms with van der Waals surface area (Å²) in [4.78, 5) is 10.3. The second kappa shape index (κ2) is 7.48. The number of fused-ring (bicyclic) bond motifs is 11. The van der Waals surface area contributed by atoms with Crippen LogP contribution in [-0.2, 0) is 0 Å². The molecule has 4 heteroatoms. The summed E-state index contributed by atoms with van der Waals surface area (Å²) in [5.41, 5.74) is 11.7. The molecule has 3 aromatic heterocycles. The molecule has 4 aromatic carbocycles. The normalized spacial score (nSPS) is 11.9. The minimum atomic E-state index is 0.996. The highest BCUT2D eigenvalue weighted by atomic mass is 32.1. The van der Waals surface area contributed by atoms with Crippen molar-refractivity contribution in [2.24, 2.45) is 0 Å². The molecule has 36 heavy (non-hydrogen) atoms. The van der Waals surface area contributed by atoms with Crippen molar-refractivity contribution in [3.05, 3.63) is 115 Å². The highest BCUT2D eigenvalue weighted by molar-refractivity contribution is 7.14. The Hall–Kier alpha value is -4.54. The Labute approximate surface area is 212 Å². The van der Waals surface area contributed by atoms with Crippen molar-refractivity contribution < 1.29 is 0 Å². The summed E-state index contributed by atoms with van der Waals surface area (Å²) < 4.78 is 2.39. The molecule has 0 aliphatic heterocycles. The molecule has 7 aromatic rings. The largest absolute Gasteiger partial charge is 0.309 e. The van der Waals surface area contributed by atoms with E-state index in [9.17, 15) is 0 Å². The van der Waals surface area contributed by atoms with Gasteiger partial charge in [-0.15, -0.1) is 11.3 Å². The van der Waals surface area contributed by atoms with Gasteiger partial charge in [-0.3, -0.25) is 0 Å². The van der Waals surface area contributed by atoms with Crippen molar-refractivity contribution >= 4 is 33.1 Å². The molecule has 0 unspecified atom stereocenters. The number of thiophene rings is 1. The van der Waals surface area contributed by atoms with Gasteiger partial charge in [0.1, 0.15) is 6.33 Å². The Morgan fingerprint density at radius 2 is 1.25 bits per heavy atom. The molecule has 1 aliphatic carbocycles. The van der Waals surface area contributed by atoms with E-state index < -0.39 is 0 Å². The fourth-order valence-corrected chi connectivity index (χ4v) is 6.61. The van der Waals surface area contributed by atoms with Crippen LogP contribution in [0.15, 0.2) is 115 Å². The van der Waals surface area contributed by atoms with Crippen molar-refractivity contribution in [1.82, 2.24) is 14.5 Å². The van der Waals surface area contributed by atoms with Crippen LogP contribution in [0.4, 0.5) is 0 Å². The summed E-state index contributed by atoms with van der Waals surface area (Å²) in [7, 11) is 0. The predicted molar refractivity (Wildman–Crippen MR) is 150 cm³/mol. The fraction of sp³-hybridized carbons (Fsp3) is 0. The van der Waals surface area contributed by atoms with Crippen LogP contribution < -0.4 is 0 Å². The van der Waals surface area contributed by atoms with Gasteiger partial charge in [-0.05, 0) is 58.0 Å². The standard InChI is InChI=1S/C32H19N3S/c1-2-8-22-21(7-1)23-14-13-20(35-29-11-5-3-9-24(29)25-10-4-6-12-30(25)35)17-27(23)26-15-16-36-32(26)31-28(22)18-33-19-34-31/h1-19H. The topological polar surface area (TPSA) is 30.7 Å². The Bertz CT molecular complexity index is 1910. The lowest BCUT2D eigenvalue weighted by atomic mass is 9.86. The molecule has 0 atom stereocenters. The zero-order chi connectivity index (χ0) is 23.6. The van der Waals surface area contributed by atoms with E-state index in [1.54, 1.807) is 17.7 Å². The number of aromatic nitrogens is 3. The molecule has 0 amide bonds. The van der Waals surface area contributed by atoms with E-state index in [0.717, 1.165) is 22.5 Å². The van der Waals surface area contributed by atoms with Crippen LogP contribution in [0.2, 0.25) is 0 Å². The zero-order valence-corrected chi connectivity index (χ0v) is 20.0. The third kappa shape index (κ3) is 2.67. The summed E-state index contributed by atoms with van der Waals surface area (Å²) in [5.74, 6) is 0. The molecule has 0 fully saturated rings. The Kier molecular flexibility index (Phi) is 4.10. The summed E-state index contributed by atoms with van der Waals surface area (Å²) in [6.45, 7) is 0. The van der Waals surface area contributed by atoms with Crippen LogP contribution in [0.25, 0.3) is 71.4 Å². The molecular formula is C32H19N3S. The van der Waals surface area contributed by atoms with E-state index in [1.807, 2.05) is 6.20 Å². The maximum Gasteiger partial charge on any atom is 0.116 e. The number of hydrogen-bond acceptors (Lipinski definition) is 3. The molecular weight excluding hydrogens is 458 g/mol. The maximum absolute atomic E-state index is 4.75. The average molecular weight is 478 g/mol. The minimum absolute atomic E-state index is 0.996. The van der Waals surface area contributed by atoms with Crippen LogP contribution in [0.5, 0.6) is 0 Å². The van der Waals surface area contributed by atoms with Crippen LogP contribution in [0.3, 0.4) is 0 Å². The first kappa shape index (κ1) is 19.7. The molecule has 0 saturated carbocycles. The number of para-hydroxylation sites is 2. The van der Waals surface area contributed by atoms with E-state index in [0.29, 0.717) is 0 Å². The lowest BCUT2D eigenvalue weighted by Gasteiger charge is -2.21. The Morgan fingerprint density at radius 1 is 0.583 bits per heavy atom. The van der Waals surface area contributed by atoms with Crippen molar-refractivity contribution in [3.63, 3.8) is 0 Å². The highest BCUT2D eigenvalue weighted by Gasteiger charge is 2.24. The van der Waals surface area contributed by atoms with Gasteiger partial charge in [-0.2, -0.15) is 0 Å². The van der Waals surface area contributed by atoms with Crippen LogP contribution >= 0.6 is 11.3 Å². The van der Waals surface area contributed by atoms with Gasteiger partial charge >= 0.3 is 0 Å². The average Bonchev–Trinajstić information content (AvgIpc) is 3.55. The minimum Gasteiger partial charge on any atom is -0.309 e. The zero-order valence-electron chi connectivity index (χ0n) is 19.2. The van der Waals surface area contributed by atoms with Gasteiger partial charge < -0.3 is 4.57 Å². The lowest BCUT2D eigenvalue weighted by Crippen LogP contribution is -1.99. The van der Waals surface area contributed by atoms with E-state index in [4.69, 9.17) is 4.98 Å². The summed E-state index contributed by atoms with van der Waals surface area (Å²) >= 11 is 1.74. The number of rotatable bonds is 1. The monoisotopic (exact) mass is 477 g/mol. The molecule has 3 nitrogen and oxygen atoms in total. The van der Waals surface area contributed by atoms with Gasteiger partial charge in [0.2, 0.25) is 0 Å². The van der Waals surface area contributed by atoms with Gasteiger partial charge in [0.15, 0.2) is 0 Å². The van der Waals surface area contributed by atoms with Crippen LogP contribution in [0, 0.1) is 0 Å². The quantitative estimate of drug-likeness (QED) is 0.237. The van der Waals surface area contributed by atoms with Crippen LogP contribution in [-0.4, -0.2) is 14.5 Å². The van der Waals surface area contributed by atoms with Gasteiger partial charge in [0.05, 0.1) is 21.6 Å². The highest BCUT2D eigenvalue weighted by Crippen LogP contribution is 2.49. The van der Waals surface area contributed by atoms with Gasteiger partial charge in [-0.1, -0.05) is 66.7 Å². The van der Waals surface area contributed by atoms with E-state index in [2.05, 4.69) is 112 Å².